The maximum absolute atomic E-state index is 14.2. The van der Waals surface area contributed by atoms with E-state index in [0.29, 0.717) is 22.4 Å². The molecule has 2 aromatic carbocycles. The zero-order valence-corrected chi connectivity index (χ0v) is 23.6. The molecule has 2 amide bonds. The number of hydrogen-bond donors (Lipinski definition) is 4. The van der Waals surface area contributed by atoms with Gasteiger partial charge in [-0.15, -0.1) is 0 Å². The fourth-order valence-corrected chi connectivity index (χ4v) is 4.61. The molecule has 42 heavy (non-hydrogen) atoms. The number of aliphatic hydroxyl groups excluding tert-OH is 2. The first-order chi connectivity index (χ1) is 19.8. The van der Waals surface area contributed by atoms with E-state index in [9.17, 15) is 24.2 Å². The molecule has 10 nitrogen and oxygen atoms in total. The Balaban J connectivity index is 1.51. The Morgan fingerprint density at radius 3 is 2.60 bits per heavy atom. The van der Waals surface area contributed by atoms with Crippen LogP contribution < -0.4 is 15.4 Å². The second-order valence-corrected chi connectivity index (χ2v) is 10.4. The summed E-state index contributed by atoms with van der Waals surface area (Å²) in [4.78, 5) is 36.5. The number of nitrogens with zero attached hydrogens (tertiary/aromatic N) is 3. The summed E-state index contributed by atoms with van der Waals surface area (Å²) in [6.07, 6.45) is 1.42. The fourth-order valence-electron chi connectivity index (χ4n) is 4.41. The van der Waals surface area contributed by atoms with Gasteiger partial charge < -0.3 is 30.5 Å². The van der Waals surface area contributed by atoms with Gasteiger partial charge >= 0.3 is 0 Å². The smallest absolute Gasteiger partial charge is 0.255 e. The summed E-state index contributed by atoms with van der Waals surface area (Å²) in [5.41, 5.74) is 2.19. The predicted molar refractivity (Wildman–Crippen MR) is 157 cm³/mol. The van der Waals surface area contributed by atoms with Gasteiger partial charge in [-0.3, -0.25) is 9.59 Å². The van der Waals surface area contributed by atoms with Crippen LogP contribution in [0.25, 0.3) is 11.3 Å². The lowest BCUT2D eigenvalue weighted by atomic mass is 9.52. The Bertz CT molecular complexity index is 1490. The van der Waals surface area contributed by atoms with E-state index in [1.807, 2.05) is 0 Å². The first kappa shape index (κ1) is 31.3. The summed E-state index contributed by atoms with van der Waals surface area (Å²) in [7, 11) is 16.3. The van der Waals surface area contributed by atoms with E-state index in [-0.39, 0.29) is 47.4 Å². The minimum absolute atomic E-state index is 0.103. The van der Waals surface area contributed by atoms with Crippen molar-refractivity contribution in [1.82, 2.24) is 20.2 Å². The molecular weight excluding hydrogens is 561 g/mol. The summed E-state index contributed by atoms with van der Waals surface area (Å²) >= 11 is 6.35. The van der Waals surface area contributed by atoms with E-state index in [0.717, 1.165) is 12.1 Å². The molecule has 0 bridgehead atoms. The van der Waals surface area contributed by atoms with Crippen LogP contribution in [0.3, 0.4) is 0 Å². The van der Waals surface area contributed by atoms with Gasteiger partial charge in [-0.1, -0.05) is 23.7 Å². The average Bonchev–Trinajstić information content (AvgIpc) is 3.26. The average molecular weight is 587 g/mol. The highest BCUT2D eigenvalue weighted by Crippen LogP contribution is 2.32. The third-order valence-electron chi connectivity index (χ3n) is 6.55. The van der Waals surface area contributed by atoms with Crippen LogP contribution in [0.1, 0.15) is 41.4 Å². The first-order valence-corrected chi connectivity index (χ1v) is 13.3. The van der Waals surface area contributed by atoms with Crippen molar-refractivity contribution in [3.8, 4) is 17.0 Å². The van der Waals surface area contributed by atoms with Gasteiger partial charge in [0, 0.05) is 29.8 Å². The number of amides is 2. The van der Waals surface area contributed by atoms with Gasteiger partial charge in [0.2, 0.25) is 11.9 Å². The van der Waals surface area contributed by atoms with Crippen molar-refractivity contribution in [1.29, 1.82) is 0 Å². The monoisotopic (exact) mass is 587 g/mol. The van der Waals surface area contributed by atoms with E-state index >= 15 is 0 Å². The van der Waals surface area contributed by atoms with E-state index in [1.165, 1.54) is 17.2 Å². The Hall–Kier alpha value is -3.61. The quantitative estimate of drug-likeness (QED) is 0.248. The van der Waals surface area contributed by atoms with Crippen molar-refractivity contribution in [2.24, 2.45) is 0 Å². The van der Waals surface area contributed by atoms with Gasteiger partial charge in [0.1, 0.15) is 41.1 Å². The van der Waals surface area contributed by atoms with Crippen LogP contribution in [0.2, 0.25) is 5.02 Å². The zero-order valence-electron chi connectivity index (χ0n) is 22.8. The largest absolute Gasteiger partial charge is 0.516 e. The van der Waals surface area contributed by atoms with Crippen LogP contribution in [0.15, 0.2) is 42.6 Å². The highest BCUT2D eigenvalue weighted by molar-refractivity contribution is 6.58. The lowest BCUT2D eigenvalue weighted by Crippen LogP contribution is -2.46. The normalized spacial score (nSPS) is 15.1. The predicted octanol–water partition coefficient (Wildman–Crippen LogP) is 1.42. The number of hydrogen-bond acceptors (Lipinski definition) is 8. The number of benzene rings is 2. The molecule has 3 atom stereocenters. The molecule has 0 fully saturated rings. The molecule has 0 unspecified atom stereocenters. The highest BCUT2D eigenvalue weighted by Gasteiger charge is 2.35. The summed E-state index contributed by atoms with van der Waals surface area (Å²) in [5.74, 6) is -1.55. The van der Waals surface area contributed by atoms with Crippen LogP contribution in [-0.4, -0.2) is 91.0 Å². The Morgan fingerprint density at radius 2 is 1.93 bits per heavy atom. The molecule has 4 rings (SSSR count). The summed E-state index contributed by atoms with van der Waals surface area (Å²) in [6, 6.07) is 6.32. The molecule has 4 N–H and O–H groups in total. The lowest BCUT2D eigenvalue weighted by Gasteiger charge is -2.27. The first-order valence-electron chi connectivity index (χ1n) is 12.9. The maximum Gasteiger partial charge on any atom is 0.255 e. The topological polar surface area (TPSA) is 137 Å². The van der Waals surface area contributed by atoms with E-state index < -0.39 is 35.7 Å². The van der Waals surface area contributed by atoms with Crippen molar-refractivity contribution in [3.63, 3.8) is 0 Å². The van der Waals surface area contributed by atoms with E-state index in [4.69, 9.17) is 39.9 Å². The van der Waals surface area contributed by atoms with Crippen LogP contribution >= 0.6 is 11.6 Å². The maximum atomic E-state index is 14.2. The second kappa shape index (κ2) is 12.7. The number of nitrogens with one attached hydrogen (secondary N) is 2. The van der Waals surface area contributed by atoms with Gasteiger partial charge in [-0.2, -0.15) is 0 Å². The summed E-state index contributed by atoms with van der Waals surface area (Å²) in [6.45, 7) is 2.77. The summed E-state index contributed by atoms with van der Waals surface area (Å²) in [5, 5.41) is 23.0. The molecule has 1 aromatic heterocycles. The number of aromatic nitrogens is 2. The Morgan fingerprint density at radius 1 is 1.19 bits per heavy atom. The van der Waals surface area contributed by atoms with Crippen molar-refractivity contribution < 1.29 is 28.9 Å². The number of carbonyl (C=O) groups is 2. The fraction of sp³-hybridized carbons (Fsp3) is 0.333. The molecule has 0 saturated carbocycles. The number of rotatable bonds is 11. The van der Waals surface area contributed by atoms with E-state index in [1.54, 1.807) is 32.0 Å². The molecule has 0 spiro atoms. The van der Waals surface area contributed by atoms with Crippen LogP contribution in [0, 0.1) is 5.82 Å². The second-order valence-electron chi connectivity index (χ2n) is 10.0. The molecule has 3 aromatic rings. The zero-order chi connectivity index (χ0) is 30.8. The van der Waals surface area contributed by atoms with Gasteiger partial charge in [-0.05, 0) is 48.5 Å². The number of ether oxygens (including phenoxy) is 1. The van der Waals surface area contributed by atoms with Gasteiger partial charge in [0.25, 0.3) is 5.91 Å². The minimum Gasteiger partial charge on any atom is -0.516 e. The van der Waals surface area contributed by atoms with Crippen LogP contribution in [0.5, 0.6) is 5.75 Å². The van der Waals surface area contributed by atoms with E-state index in [2.05, 4.69) is 20.6 Å². The molecule has 0 aliphatic carbocycles. The molecule has 15 heteroatoms. The van der Waals surface area contributed by atoms with Crippen LogP contribution in [0.4, 0.5) is 10.3 Å². The summed E-state index contributed by atoms with van der Waals surface area (Å²) < 4.78 is 19.3. The number of aliphatic hydroxyl groups is 2. The Kier molecular flexibility index (Phi) is 9.49. The molecule has 6 radical (unpaired) electrons. The number of carbonyl (C=O) groups excluding carboxylic acids is 2. The number of anilines is 1. The van der Waals surface area contributed by atoms with Gasteiger partial charge in [0.05, 0.1) is 36.2 Å². The van der Waals surface area contributed by atoms with Gasteiger partial charge in [-0.25, -0.2) is 14.4 Å². The molecule has 0 saturated heterocycles. The lowest BCUT2D eigenvalue weighted by molar-refractivity contribution is -0.126. The van der Waals surface area contributed by atoms with Crippen molar-refractivity contribution in [2.45, 2.75) is 43.8 Å². The molecular formula is C27H26B3ClFN5O5. The van der Waals surface area contributed by atoms with Crippen LogP contribution in [-0.2, 0) is 11.3 Å². The minimum atomic E-state index is -2.07. The van der Waals surface area contributed by atoms with Gasteiger partial charge in [0.15, 0.2) is 0 Å². The molecule has 1 aliphatic heterocycles. The molecule has 212 valence electrons. The highest BCUT2D eigenvalue weighted by atomic mass is 35.5. The molecule has 2 heterocycles. The number of halogens is 2. The third-order valence-corrected chi connectivity index (χ3v) is 6.82. The SMILES string of the molecule is [B]C([B])([B])Oc1cc(F)cc([C@@H](CO)NC(=O)[C@@H](C)N2Cc3ccc(-c4nc(N[C@@H](C)CO)ncc4Cl)cc3C2=O)c1. The Labute approximate surface area is 251 Å². The van der Waals surface area contributed by atoms with Crippen molar-refractivity contribution in [2.75, 3.05) is 18.5 Å². The van der Waals surface area contributed by atoms with Crippen molar-refractivity contribution >= 4 is 52.9 Å². The standard InChI is InChI=1S/C27H26B3ClFN5O5/c1-13(11-38)34-26-33-9-21(31)23(36-26)15-3-4-16-10-37(25(41)20(16)7-15)14(2)24(40)35-22(12-39)17-5-18(32)8-19(6-17)42-27(28,29)30/h3-9,13-14,22,38-39H,10-12H2,1-2H3,(H,35,40)(H,33,34,36)/t13-,14+,22+/m0/s1. The van der Waals surface area contributed by atoms with Crippen molar-refractivity contribution in [3.05, 3.63) is 70.1 Å². The molecule has 1 aliphatic rings. The number of fused-ring (bicyclic) bond motifs is 1. The third kappa shape index (κ3) is 7.23.